The predicted octanol–water partition coefficient (Wildman–Crippen LogP) is 3.31. The molecule has 0 atom stereocenters. The second-order valence-corrected chi connectivity index (χ2v) is 7.51. The zero-order valence-corrected chi connectivity index (χ0v) is 16.9. The van der Waals surface area contributed by atoms with Gasteiger partial charge in [-0.1, -0.05) is 23.8 Å². The standard InChI is InChI=1S/C23H23N5O2/c1-14(2)10-21(29)26-17-4-3-5-18(12-17)28-13-20(22(24)27-28)15-6-7-19-16(11-15)8-9-25-23(19)30/h3-7,10-13H,8-9H2,1-2H3,(H2,24,27)(H,25,30)(H,26,29). The molecule has 0 saturated carbocycles. The lowest BCUT2D eigenvalue weighted by atomic mass is 9.96. The highest BCUT2D eigenvalue weighted by atomic mass is 16.2. The molecule has 2 heterocycles. The van der Waals surface area contributed by atoms with Crippen molar-refractivity contribution in [2.75, 3.05) is 17.6 Å². The number of anilines is 2. The minimum atomic E-state index is -0.175. The van der Waals surface area contributed by atoms with Crippen LogP contribution in [0.3, 0.4) is 0 Å². The first-order chi connectivity index (χ1) is 14.4. The highest BCUT2D eigenvalue weighted by Crippen LogP contribution is 2.29. The van der Waals surface area contributed by atoms with Gasteiger partial charge in [-0.05, 0) is 55.7 Å². The molecule has 1 aliphatic heterocycles. The maximum Gasteiger partial charge on any atom is 0.251 e. The predicted molar refractivity (Wildman–Crippen MR) is 118 cm³/mol. The number of aromatic nitrogens is 2. The molecular formula is C23H23N5O2. The van der Waals surface area contributed by atoms with Crippen LogP contribution in [0.2, 0.25) is 0 Å². The molecule has 3 aromatic rings. The number of carbonyl (C=O) groups excluding carboxylic acids is 2. The molecule has 152 valence electrons. The van der Waals surface area contributed by atoms with Gasteiger partial charge in [-0.2, -0.15) is 5.10 Å². The third-order valence-electron chi connectivity index (χ3n) is 4.88. The van der Waals surface area contributed by atoms with Crippen LogP contribution in [0.25, 0.3) is 16.8 Å². The van der Waals surface area contributed by atoms with E-state index in [4.69, 9.17) is 5.73 Å². The van der Waals surface area contributed by atoms with Gasteiger partial charge in [-0.3, -0.25) is 9.59 Å². The van der Waals surface area contributed by atoms with Crippen molar-refractivity contribution in [2.45, 2.75) is 20.3 Å². The van der Waals surface area contributed by atoms with E-state index < -0.39 is 0 Å². The van der Waals surface area contributed by atoms with Crippen LogP contribution >= 0.6 is 0 Å². The van der Waals surface area contributed by atoms with Crippen LogP contribution in [0.1, 0.15) is 29.8 Å². The zero-order chi connectivity index (χ0) is 21.3. The second kappa shape index (κ2) is 7.87. The highest BCUT2D eigenvalue weighted by Gasteiger charge is 2.18. The molecule has 0 radical (unpaired) electrons. The maximum absolute atomic E-state index is 12.0. The molecule has 7 heteroatoms. The summed E-state index contributed by atoms with van der Waals surface area (Å²) in [5, 5.41) is 10.1. The van der Waals surface area contributed by atoms with Gasteiger partial charge in [0.15, 0.2) is 5.82 Å². The number of hydrogen-bond donors (Lipinski definition) is 3. The van der Waals surface area contributed by atoms with E-state index in [-0.39, 0.29) is 11.8 Å². The Hall–Kier alpha value is -3.87. The smallest absolute Gasteiger partial charge is 0.251 e. The number of allylic oxidation sites excluding steroid dienone is 1. The van der Waals surface area contributed by atoms with Crippen LogP contribution in [-0.2, 0) is 11.2 Å². The van der Waals surface area contributed by atoms with Gasteiger partial charge in [0.05, 0.1) is 5.69 Å². The molecule has 30 heavy (non-hydrogen) atoms. The van der Waals surface area contributed by atoms with Crippen LogP contribution in [0.15, 0.2) is 60.3 Å². The molecule has 4 rings (SSSR count). The molecule has 0 aliphatic carbocycles. The lowest BCUT2D eigenvalue weighted by molar-refractivity contribution is -0.111. The summed E-state index contributed by atoms with van der Waals surface area (Å²) in [6.07, 6.45) is 4.19. The number of fused-ring (bicyclic) bond motifs is 1. The molecule has 7 nitrogen and oxygen atoms in total. The average molecular weight is 401 g/mol. The number of nitrogens with one attached hydrogen (secondary N) is 2. The number of nitrogen functional groups attached to an aromatic ring is 1. The Morgan fingerprint density at radius 2 is 2.03 bits per heavy atom. The van der Waals surface area contributed by atoms with E-state index in [0.29, 0.717) is 23.6 Å². The van der Waals surface area contributed by atoms with Crippen molar-refractivity contribution in [2.24, 2.45) is 0 Å². The monoisotopic (exact) mass is 401 g/mol. The van der Waals surface area contributed by atoms with E-state index in [2.05, 4.69) is 15.7 Å². The molecule has 1 aliphatic rings. The van der Waals surface area contributed by atoms with Gasteiger partial charge in [0, 0.05) is 35.6 Å². The summed E-state index contributed by atoms with van der Waals surface area (Å²) in [7, 11) is 0. The van der Waals surface area contributed by atoms with Gasteiger partial charge >= 0.3 is 0 Å². The largest absolute Gasteiger partial charge is 0.382 e. The Kier molecular flexibility index (Phi) is 5.10. The molecule has 0 saturated heterocycles. The summed E-state index contributed by atoms with van der Waals surface area (Å²) in [5.41, 5.74) is 12.0. The van der Waals surface area contributed by atoms with E-state index in [1.165, 1.54) is 0 Å². The number of hydrogen-bond acceptors (Lipinski definition) is 4. The van der Waals surface area contributed by atoms with Gasteiger partial charge in [-0.15, -0.1) is 0 Å². The first-order valence-corrected chi connectivity index (χ1v) is 9.73. The summed E-state index contributed by atoms with van der Waals surface area (Å²) < 4.78 is 1.69. The van der Waals surface area contributed by atoms with Gasteiger partial charge in [-0.25, -0.2) is 4.68 Å². The Morgan fingerprint density at radius 1 is 1.20 bits per heavy atom. The number of carbonyl (C=O) groups is 2. The zero-order valence-electron chi connectivity index (χ0n) is 16.9. The fourth-order valence-electron chi connectivity index (χ4n) is 3.50. The fraction of sp³-hybridized carbons (Fsp3) is 0.174. The molecule has 0 fully saturated rings. The lowest BCUT2D eigenvalue weighted by Gasteiger charge is -2.17. The van der Waals surface area contributed by atoms with E-state index in [1.807, 2.05) is 62.5 Å². The van der Waals surface area contributed by atoms with E-state index in [9.17, 15) is 9.59 Å². The number of rotatable bonds is 4. The SMILES string of the molecule is CC(C)=CC(=O)Nc1cccc(-n2cc(-c3ccc4c(c3)CCNC4=O)c(N)n2)c1. The molecule has 1 aromatic heterocycles. The third kappa shape index (κ3) is 3.96. The summed E-state index contributed by atoms with van der Waals surface area (Å²) in [5.74, 6) is 0.179. The summed E-state index contributed by atoms with van der Waals surface area (Å²) in [6, 6.07) is 13.1. The van der Waals surface area contributed by atoms with Crippen LogP contribution in [0.5, 0.6) is 0 Å². The number of benzene rings is 2. The normalized spacial score (nSPS) is 12.7. The average Bonchev–Trinajstić information content (AvgIpc) is 3.09. The van der Waals surface area contributed by atoms with Gasteiger partial charge in [0.1, 0.15) is 0 Å². The van der Waals surface area contributed by atoms with Gasteiger partial charge in [0.2, 0.25) is 5.91 Å². The van der Waals surface area contributed by atoms with Crippen molar-refractivity contribution in [3.8, 4) is 16.8 Å². The Balaban J connectivity index is 1.63. The van der Waals surface area contributed by atoms with Gasteiger partial charge in [0.25, 0.3) is 5.91 Å². The van der Waals surface area contributed by atoms with Crippen molar-refractivity contribution in [3.05, 3.63) is 71.4 Å². The Bertz CT molecular complexity index is 1170. The van der Waals surface area contributed by atoms with Crippen molar-refractivity contribution < 1.29 is 9.59 Å². The van der Waals surface area contributed by atoms with Gasteiger partial charge < -0.3 is 16.4 Å². The molecular weight excluding hydrogens is 378 g/mol. The molecule has 0 spiro atoms. The first-order valence-electron chi connectivity index (χ1n) is 9.73. The van der Waals surface area contributed by atoms with E-state index >= 15 is 0 Å². The molecule has 2 aromatic carbocycles. The van der Waals surface area contributed by atoms with Crippen molar-refractivity contribution >= 4 is 23.3 Å². The minimum Gasteiger partial charge on any atom is -0.382 e. The van der Waals surface area contributed by atoms with Crippen molar-refractivity contribution in [3.63, 3.8) is 0 Å². The Morgan fingerprint density at radius 3 is 2.83 bits per heavy atom. The number of nitrogens with zero attached hydrogens (tertiary/aromatic N) is 2. The third-order valence-corrected chi connectivity index (χ3v) is 4.88. The first kappa shape index (κ1) is 19.4. The molecule has 4 N–H and O–H groups in total. The lowest BCUT2D eigenvalue weighted by Crippen LogP contribution is -2.31. The maximum atomic E-state index is 12.0. The van der Waals surface area contributed by atoms with Crippen LogP contribution < -0.4 is 16.4 Å². The molecule has 2 amide bonds. The summed E-state index contributed by atoms with van der Waals surface area (Å²) >= 11 is 0. The summed E-state index contributed by atoms with van der Waals surface area (Å²) in [6.45, 7) is 4.38. The topological polar surface area (TPSA) is 102 Å². The molecule has 0 bridgehead atoms. The second-order valence-electron chi connectivity index (χ2n) is 7.51. The quantitative estimate of drug-likeness (QED) is 0.584. The Labute approximate surface area is 174 Å². The van der Waals surface area contributed by atoms with Crippen LogP contribution in [0.4, 0.5) is 11.5 Å². The number of nitrogens with two attached hydrogens (primary N) is 1. The fourth-order valence-corrected chi connectivity index (χ4v) is 3.50. The molecule has 0 unspecified atom stereocenters. The summed E-state index contributed by atoms with van der Waals surface area (Å²) in [4.78, 5) is 24.0. The van der Waals surface area contributed by atoms with Crippen LogP contribution in [0, 0.1) is 0 Å². The van der Waals surface area contributed by atoms with E-state index in [1.54, 1.807) is 10.8 Å². The van der Waals surface area contributed by atoms with Crippen molar-refractivity contribution in [1.82, 2.24) is 15.1 Å². The van der Waals surface area contributed by atoms with Crippen LogP contribution in [-0.4, -0.2) is 28.1 Å². The van der Waals surface area contributed by atoms with Crippen molar-refractivity contribution in [1.29, 1.82) is 0 Å². The minimum absolute atomic E-state index is 0.0431. The highest BCUT2D eigenvalue weighted by molar-refractivity contribution is 6.00. The number of amides is 2. The van der Waals surface area contributed by atoms with E-state index in [0.717, 1.165) is 34.4 Å².